The van der Waals surface area contributed by atoms with Gasteiger partial charge in [0.2, 0.25) is 5.91 Å². The van der Waals surface area contributed by atoms with Crippen molar-refractivity contribution in [1.82, 2.24) is 4.90 Å². The fourth-order valence-corrected chi connectivity index (χ4v) is 2.81. The van der Waals surface area contributed by atoms with Crippen molar-refractivity contribution in [2.45, 2.75) is 19.0 Å². The summed E-state index contributed by atoms with van der Waals surface area (Å²) in [6, 6.07) is 4.79. The summed E-state index contributed by atoms with van der Waals surface area (Å²) >= 11 is 3.40. The van der Waals surface area contributed by atoms with E-state index in [2.05, 4.69) is 15.9 Å². The van der Waals surface area contributed by atoms with E-state index in [1.807, 2.05) is 0 Å². The molecule has 1 heterocycles. The smallest absolute Gasteiger partial charge is 0.342 e. The molecule has 1 atom stereocenters. The lowest BCUT2D eigenvalue weighted by molar-refractivity contribution is -0.137. The Morgan fingerprint density at radius 3 is 2.45 bits per heavy atom. The SMILES string of the molecule is O=C(Cc1ccc(C(F)(F)F)cc1)N1CCC(CBr)C1. The Kier molecular flexibility index (Phi) is 4.73. The zero-order chi connectivity index (χ0) is 14.8. The quantitative estimate of drug-likeness (QED) is 0.765. The molecule has 0 aliphatic carbocycles. The van der Waals surface area contributed by atoms with Gasteiger partial charge in [-0.25, -0.2) is 0 Å². The molecule has 0 bridgehead atoms. The van der Waals surface area contributed by atoms with Crippen LogP contribution in [0.15, 0.2) is 24.3 Å². The highest BCUT2D eigenvalue weighted by Gasteiger charge is 2.30. The van der Waals surface area contributed by atoms with Gasteiger partial charge in [-0.1, -0.05) is 28.1 Å². The van der Waals surface area contributed by atoms with Crippen LogP contribution in [-0.2, 0) is 17.4 Å². The van der Waals surface area contributed by atoms with E-state index < -0.39 is 11.7 Å². The Labute approximate surface area is 124 Å². The van der Waals surface area contributed by atoms with E-state index in [0.717, 1.165) is 37.0 Å². The van der Waals surface area contributed by atoms with Gasteiger partial charge in [0, 0.05) is 18.4 Å². The van der Waals surface area contributed by atoms with Gasteiger partial charge >= 0.3 is 6.18 Å². The maximum Gasteiger partial charge on any atom is 0.416 e. The Balaban J connectivity index is 1.95. The molecule has 2 nitrogen and oxygen atoms in total. The van der Waals surface area contributed by atoms with Gasteiger partial charge in [0.1, 0.15) is 0 Å². The molecule has 1 aliphatic rings. The van der Waals surface area contributed by atoms with E-state index >= 15 is 0 Å². The third-order valence-corrected chi connectivity index (χ3v) is 4.41. The average molecular weight is 350 g/mol. The Morgan fingerprint density at radius 1 is 1.30 bits per heavy atom. The molecule has 2 rings (SSSR count). The normalized spacial score (nSPS) is 19.4. The Hall–Kier alpha value is -1.04. The third-order valence-electron chi connectivity index (χ3n) is 3.49. The maximum atomic E-state index is 12.4. The molecule has 1 aromatic carbocycles. The van der Waals surface area contributed by atoms with Crippen molar-refractivity contribution in [3.05, 3.63) is 35.4 Å². The first-order valence-electron chi connectivity index (χ1n) is 6.40. The number of likely N-dealkylation sites (tertiary alicyclic amines) is 1. The van der Waals surface area contributed by atoms with Gasteiger partial charge in [-0.3, -0.25) is 4.79 Å². The molecule has 1 saturated heterocycles. The molecular weight excluding hydrogens is 335 g/mol. The van der Waals surface area contributed by atoms with E-state index in [0.29, 0.717) is 11.5 Å². The van der Waals surface area contributed by atoms with E-state index in [-0.39, 0.29) is 12.3 Å². The van der Waals surface area contributed by atoms with Gasteiger partial charge < -0.3 is 4.90 Å². The average Bonchev–Trinajstić information content (AvgIpc) is 2.87. The largest absolute Gasteiger partial charge is 0.416 e. The van der Waals surface area contributed by atoms with Crippen LogP contribution in [0.5, 0.6) is 0 Å². The number of hydrogen-bond acceptors (Lipinski definition) is 1. The summed E-state index contributed by atoms with van der Waals surface area (Å²) in [7, 11) is 0. The highest BCUT2D eigenvalue weighted by Crippen LogP contribution is 2.29. The molecule has 1 aromatic rings. The Morgan fingerprint density at radius 2 is 1.95 bits per heavy atom. The van der Waals surface area contributed by atoms with Crippen LogP contribution in [-0.4, -0.2) is 29.2 Å². The molecule has 0 aromatic heterocycles. The summed E-state index contributed by atoms with van der Waals surface area (Å²) in [5, 5.41) is 0.872. The van der Waals surface area contributed by atoms with Crippen molar-refractivity contribution in [2.75, 3.05) is 18.4 Å². The van der Waals surface area contributed by atoms with Crippen LogP contribution in [0.25, 0.3) is 0 Å². The molecule has 1 aliphatic heterocycles. The number of carbonyl (C=O) groups excluding carboxylic acids is 1. The van der Waals surface area contributed by atoms with Crippen LogP contribution in [0.2, 0.25) is 0 Å². The molecule has 1 fully saturated rings. The number of rotatable bonds is 3. The maximum absolute atomic E-state index is 12.4. The topological polar surface area (TPSA) is 20.3 Å². The van der Waals surface area contributed by atoms with Gasteiger partial charge in [0.05, 0.1) is 12.0 Å². The summed E-state index contributed by atoms with van der Waals surface area (Å²) < 4.78 is 37.3. The Bertz CT molecular complexity index is 472. The lowest BCUT2D eigenvalue weighted by Gasteiger charge is -2.16. The minimum Gasteiger partial charge on any atom is -0.342 e. The highest BCUT2D eigenvalue weighted by molar-refractivity contribution is 9.09. The number of hydrogen-bond donors (Lipinski definition) is 0. The number of amides is 1. The second kappa shape index (κ2) is 6.16. The molecule has 0 radical (unpaired) electrons. The zero-order valence-electron chi connectivity index (χ0n) is 10.8. The van der Waals surface area contributed by atoms with Gasteiger partial charge in [0.15, 0.2) is 0 Å². The second-order valence-electron chi connectivity index (χ2n) is 5.02. The molecule has 0 spiro atoms. The van der Waals surface area contributed by atoms with Crippen molar-refractivity contribution in [3.63, 3.8) is 0 Å². The third kappa shape index (κ3) is 3.75. The van der Waals surface area contributed by atoms with Crippen LogP contribution < -0.4 is 0 Å². The van der Waals surface area contributed by atoms with Crippen molar-refractivity contribution < 1.29 is 18.0 Å². The molecule has 6 heteroatoms. The summed E-state index contributed by atoms with van der Waals surface area (Å²) in [5.74, 6) is 0.458. The van der Waals surface area contributed by atoms with Crippen LogP contribution >= 0.6 is 15.9 Å². The first kappa shape index (κ1) is 15.4. The predicted molar refractivity (Wildman–Crippen MR) is 73.6 cm³/mol. The zero-order valence-corrected chi connectivity index (χ0v) is 12.4. The summed E-state index contributed by atoms with van der Waals surface area (Å²) in [4.78, 5) is 13.8. The molecular formula is C14H15BrF3NO. The number of carbonyl (C=O) groups is 1. The number of nitrogens with zero attached hydrogens (tertiary/aromatic N) is 1. The molecule has 0 N–H and O–H groups in total. The van der Waals surface area contributed by atoms with Gasteiger partial charge in [-0.05, 0) is 30.0 Å². The second-order valence-corrected chi connectivity index (χ2v) is 5.67. The van der Waals surface area contributed by atoms with Gasteiger partial charge in [0.25, 0.3) is 0 Å². The van der Waals surface area contributed by atoms with E-state index in [4.69, 9.17) is 0 Å². The van der Waals surface area contributed by atoms with E-state index in [9.17, 15) is 18.0 Å². The lowest BCUT2D eigenvalue weighted by Crippen LogP contribution is -2.30. The monoisotopic (exact) mass is 349 g/mol. The summed E-state index contributed by atoms with van der Waals surface area (Å²) in [6.45, 7) is 1.46. The predicted octanol–water partition coefficient (Wildman–Crippen LogP) is 3.49. The molecule has 1 unspecified atom stereocenters. The fraction of sp³-hybridized carbons (Fsp3) is 0.500. The first-order valence-corrected chi connectivity index (χ1v) is 7.52. The van der Waals surface area contributed by atoms with Crippen molar-refractivity contribution in [2.24, 2.45) is 5.92 Å². The first-order chi connectivity index (χ1) is 9.40. The van der Waals surface area contributed by atoms with Crippen LogP contribution in [0.1, 0.15) is 17.5 Å². The fourth-order valence-electron chi connectivity index (χ4n) is 2.28. The molecule has 110 valence electrons. The minimum absolute atomic E-state index is 0.0202. The standard InChI is InChI=1S/C14H15BrF3NO/c15-8-11-5-6-19(9-11)13(20)7-10-1-3-12(4-2-10)14(16,17)18/h1-4,11H,5-9H2. The highest BCUT2D eigenvalue weighted by atomic mass is 79.9. The number of alkyl halides is 4. The molecule has 0 saturated carbocycles. The van der Waals surface area contributed by atoms with Crippen LogP contribution in [0, 0.1) is 5.92 Å². The lowest BCUT2D eigenvalue weighted by atomic mass is 10.1. The summed E-state index contributed by atoms with van der Waals surface area (Å²) in [5.41, 5.74) is -0.0699. The number of halogens is 4. The van der Waals surface area contributed by atoms with Gasteiger partial charge in [-0.2, -0.15) is 13.2 Å². The van der Waals surface area contributed by atoms with E-state index in [1.165, 1.54) is 12.1 Å². The van der Waals surface area contributed by atoms with Crippen molar-refractivity contribution in [1.29, 1.82) is 0 Å². The van der Waals surface area contributed by atoms with Crippen LogP contribution in [0.3, 0.4) is 0 Å². The molecule has 20 heavy (non-hydrogen) atoms. The van der Waals surface area contributed by atoms with Crippen LogP contribution in [0.4, 0.5) is 13.2 Å². The number of benzene rings is 1. The van der Waals surface area contributed by atoms with Crippen molar-refractivity contribution >= 4 is 21.8 Å². The minimum atomic E-state index is -4.33. The molecule has 1 amide bonds. The summed E-state index contributed by atoms with van der Waals surface area (Å²) in [6.07, 6.45) is -3.20. The van der Waals surface area contributed by atoms with Crippen molar-refractivity contribution in [3.8, 4) is 0 Å². The van der Waals surface area contributed by atoms with Gasteiger partial charge in [-0.15, -0.1) is 0 Å². The van der Waals surface area contributed by atoms with E-state index in [1.54, 1.807) is 4.90 Å².